The van der Waals surface area contributed by atoms with Gasteiger partial charge in [-0.3, -0.25) is 9.59 Å². The van der Waals surface area contributed by atoms with Gasteiger partial charge in [-0.05, 0) is 24.1 Å². The fourth-order valence-electron chi connectivity index (χ4n) is 1.50. The van der Waals surface area contributed by atoms with E-state index in [0.29, 0.717) is 12.1 Å². The van der Waals surface area contributed by atoms with Crippen LogP contribution in [0.2, 0.25) is 0 Å². The number of hydrogen-bond acceptors (Lipinski definition) is 2. The lowest BCUT2D eigenvalue weighted by atomic mass is 10.1. The molecule has 0 aliphatic rings. The number of benzene rings is 1. The van der Waals surface area contributed by atoms with Crippen LogP contribution in [0.15, 0.2) is 24.3 Å². The Morgan fingerprint density at radius 3 is 2.42 bits per heavy atom. The molecule has 2 N–H and O–H groups in total. The average Bonchev–Trinajstić information content (AvgIpc) is 2.39. The smallest absolute Gasteiger partial charge is 0.239 e. The molecule has 0 saturated heterocycles. The number of carbonyl (C=O) groups excluding carboxylic acids is 2. The molecule has 0 saturated carbocycles. The number of rotatable bonds is 7. The van der Waals surface area contributed by atoms with Gasteiger partial charge in [0.1, 0.15) is 5.82 Å². The van der Waals surface area contributed by atoms with E-state index in [2.05, 4.69) is 10.6 Å². The van der Waals surface area contributed by atoms with Crippen LogP contribution < -0.4 is 10.6 Å². The normalized spacial score (nSPS) is 10.0. The van der Waals surface area contributed by atoms with Gasteiger partial charge in [0.2, 0.25) is 11.8 Å². The minimum Gasteiger partial charge on any atom is -0.355 e. The zero-order valence-corrected chi connectivity index (χ0v) is 11.0. The van der Waals surface area contributed by atoms with Crippen molar-refractivity contribution in [1.29, 1.82) is 0 Å². The first kappa shape index (κ1) is 15.1. The van der Waals surface area contributed by atoms with Crippen molar-refractivity contribution in [3.8, 4) is 0 Å². The first-order chi connectivity index (χ1) is 9.11. The molecule has 0 atom stereocenters. The van der Waals surface area contributed by atoms with Crippen molar-refractivity contribution >= 4 is 11.8 Å². The maximum absolute atomic E-state index is 12.7. The fourth-order valence-corrected chi connectivity index (χ4v) is 1.50. The number of unbranched alkanes of at least 4 members (excludes halogenated alkanes) is 1. The third-order valence-electron chi connectivity index (χ3n) is 2.58. The molecule has 2 amide bonds. The van der Waals surface area contributed by atoms with Gasteiger partial charge in [-0.25, -0.2) is 4.39 Å². The maximum Gasteiger partial charge on any atom is 0.239 e. The number of carbonyl (C=O) groups is 2. The van der Waals surface area contributed by atoms with Crippen LogP contribution in [0, 0.1) is 5.82 Å². The predicted octanol–water partition coefficient (Wildman–Crippen LogP) is 1.40. The average molecular weight is 266 g/mol. The molecule has 0 aliphatic heterocycles. The first-order valence-corrected chi connectivity index (χ1v) is 6.39. The lowest BCUT2D eigenvalue weighted by Gasteiger charge is -2.06. The van der Waals surface area contributed by atoms with E-state index >= 15 is 0 Å². The molecule has 0 fully saturated rings. The fraction of sp³-hybridized carbons (Fsp3) is 0.429. The van der Waals surface area contributed by atoms with E-state index in [0.717, 1.165) is 12.8 Å². The summed E-state index contributed by atoms with van der Waals surface area (Å²) in [7, 11) is 0. The Labute approximate surface area is 112 Å². The van der Waals surface area contributed by atoms with E-state index in [9.17, 15) is 14.0 Å². The summed E-state index contributed by atoms with van der Waals surface area (Å²) in [5, 5.41) is 5.23. The van der Waals surface area contributed by atoms with Crippen LogP contribution in [-0.2, 0) is 16.0 Å². The SMILES string of the molecule is CCCCNC(=O)CNC(=O)Cc1ccc(F)cc1. The summed E-state index contributed by atoms with van der Waals surface area (Å²) in [5.74, 6) is -0.780. The molecule has 1 rings (SSSR count). The molecule has 104 valence electrons. The van der Waals surface area contributed by atoms with Crippen LogP contribution in [-0.4, -0.2) is 24.9 Å². The summed E-state index contributed by atoms with van der Waals surface area (Å²) in [6, 6.07) is 5.71. The van der Waals surface area contributed by atoms with E-state index in [-0.39, 0.29) is 30.6 Å². The van der Waals surface area contributed by atoms with Crippen molar-refractivity contribution in [3.63, 3.8) is 0 Å². The number of amides is 2. The van der Waals surface area contributed by atoms with E-state index in [1.807, 2.05) is 6.92 Å². The molecule has 0 aliphatic carbocycles. The molecule has 5 heteroatoms. The van der Waals surface area contributed by atoms with Gasteiger partial charge in [-0.1, -0.05) is 25.5 Å². The number of halogens is 1. The molecular weight excluding hydrogens is 247 g/mol. The highest BCUT2D eigenvalue weighted by molar-refractivity contribution is 5.85. The minimum atomic E-state index is -0.334. The summed E-state index contributed by atoms with van der Waals surface area (Å²) in [5.41, 5.74) is 0.713. The maximum atomic E-state index is 12.7. The van der Waals surface area contributed by atoms with E-state index in [1.54, 1.807) is 12.1 Å². The minimum absolute atomic E-state index is 0.0241. The van der Waals surface area contributed by atoms with Crippen molar-refractivity contribution in [2.45, 2.75) is 26.2 Å². The number of hydrogen-bond donors (Lipinski definition) is 2. The van der Waals surface area contributed by atoms with Crippen LogP contribution >= 0.6 is 0 Å². The molecular formula is C14H19FN2O2. The Hall–Kier alpha value is -1.91. The predicted molar refractivity (Wildman–Crippen MR) is 71.0 cm³/mol. The molecule has 0 aromatic heterocycles. The largest absolute Gasteiger partial charge is 0.355 e. The molecule has 1 aromatic carbocycles. The summed E-state index contributed by atoms with van der Waals surface area (Å²) in [6.45, 7) is 2.64. The van der Waals surface area contributed by atoms with Crippen LogP contribution in [0.4, 0.5) is 4.39 Å². The standard InChI is InChI=1S/C14H19FN2O2/c1-2-3-8-16-14(19)10-17-13(18)9-11-4-6-12(15)7-5-11/h4-7H,2-3,8-10H2,1H3,(H,16,19)(H,17,18). The van der Waals surface area contributed by atoms with Crippen LogP contribution in [0.5, 0.6) is 0 Å². The monoisotopic (exact) mass is 266 g/mol. The van der Waals surface area contributed by atoms with Gasteiger partial charge in [0.15, 0.2) is 0 Å². The lowest BCUT2D eigenvalue weighted by molar-refractivity contribution is -0.125. The Morgan fingerprint density at radius 1 is 1.11 bits per heavy atom. The van der Waals surface area contributed by atoms with E-state index in [1.165, 1.54) is 12.1 Å². The van der Waals surface area contributed by atoms with Gasteiger partial charge in [0.25, 0.3) is 0 Å². The summed E-state index contributed by atoms with van der Waals surface area (Å²) in [4.78, 5) is 22.9. The Bertz CT molecular complexity index is 418. The van der Waals surface area contributed by atoms with E-state index < -0.39 is 0 Å². The lowest BCUT2D eigenvalue weighted by Crippen LogP contribution is -2.37. The molecule has 0 radical (unpaired) electrons. The molecule has 0 unspecified atom stereocenters. The summed E-state index contributed by atoms with van der Waals surface area (Å²) in [6.07, 6.45) is 2.08. The van der Waals surface area contributed by atoms with Gasteiger partial charge in [-0.2, -0.15) is 0 Å². The van der Waals surface area contributed by atoms with Crippen molar-refractivity contribution in [2.24, 2.45) is 0 Å². The molecule has 4 nitrogen and oxygen atoms in total. The molecule has 0 heterocycles. The first-order valence-electron chi connectivity index (χ1n) is 6.39. The van der Waals surface area contributed by atoms with E-state index in [4.69, 9.17) is 0 Å². The third-order valence-corrected chi connectivity index (χ3v) is 2.58. The Balaban J connectivity index is 2.24. The quantitative estimate of drug-likeness (QED) is 0.733. The topological polar surface area (TPSA) is 58.2 Å². The second kappa shape index (κ2) is 8.24. The van der Waals surface area contributed by atoms with Gasteiger partial charge in [-0.15, -0.1) is 0 Å². The zero-order valence-electron chi connectivity index (χ0n) is 11.0. The summed E-state index contributed by atoms with van der Waals surface area (Å²) >= 11 is 0. The second-order valence-electron chi connectivity index (χ2n) is 4.28. The molecule has 19 heavy (non-hydrogen) atoms. The highest BCUT2D eigenvalue weighted by Gasteiger charge is 2.06. The summed E-state index contributed by atoms with van der Waals surface area (Å²) < 4.78 is 12.7. The second-order valence-corrected chi connectivity index (χ2v) is 4.28. The van der Waals surface area contributed by atoms with Gasteiger partial charge in [0.05, 0.1) is 13.0 Å². The highest BCUT2D eigenvalue weighted by Crippen LogP contribution is 2.03. The van der Waals surface area contributed by atoms with Crippen molar-refractivity contribution in [1.82, 2.24) is 10.6 Å². The van der Waals surface area contributed by atoms with Crippen molar-refractivity contribution < 1.29 is 14.0 Å². The van der Waals surface area contributed by atoms with Crippen LogP contribution in [0.25, 0.3) is 0 Å². The van der Waals surface area contributed by atoms with Gasteiger partial charge in [0, 0.05) is 6.54 Å². The number of nitrogens with one attached hydrogen (secondary N) is 2. The highest BCUT2D eigenvalue weighted by atomic mass is 19.1. The Morgan fingerprint density at radius 2 is 1.79 bits per heavy atom. The van der Waals surface area contributed by atoms with Crippen LogP contribution in [0.3, 0.4) is 0 Å². The van der Waals surface area contributed by atoms with Crippen molar-refractivity contribution in [3.05, 3.63) is 35.6 Å². The van der Waals surface area contributed by atoms with Gasteiger partial charge >= 0.3 is 0 Å². The Kier molecular flexibility index (Phi) is 6.57. The third kappa shape index (κ3) is 6.55. The van der Waals surface area contributed by atoms with Gasteiger partial charge < -0.3 is 10.6 Å². The zero-order chi connectivity index (χ0) is 14.1. The van der Waals surface area contributed by atoms with Crippen molar-refractivity contribution in [2.75, 3.05) is 13.1 Å². The van der Waals surface area contributed by atoms with Crippen LogP contribution in [0.1, 0.15) is 25.3 Å². The molecule has 1 aromatic rings. The molecule has 0 spiro atoms. The molecule has 0 bridgehead atoms.